The van der Waals surface area contributed by atoms with Crippen molar-refractivity contribution in [2.24, 2.45) is 5.92 Å². The smallest absolute Gasteiger partial charge is 0.133 e. The Balaban J connectivity index is 1.78. The normalized spacial score (nSPS) is 22.8. The monoisotopic (exact) mass is 276 g/mol. The average molecular weight is 277 g/mol. The summed E-state index contributed by atoms with van der Waals surface area (Å²) in [6, 6.07) is 7.30. The molecule has 1 heterocycles. The summed E-state index contributed by atoms with van der Waals surface area (Å²) in [6.07, 6.45) is 5.15. The molecule has 1 aromatic heterocycles. The second-order valence-electron chi connectivity index (χ2n) is 5.22. The van der Waals surface area contributed by atoms with Crippen LogP contribution in [0.25, 0.3) is 10.8 Å². The van der Waals surface area contributed by atoms with E-state index in [1.807, 2.05) is 12.1 Å². The molecule has 1 aromatic carbocycles. The molecule has 19 heavy (non-hydrogen) atoms. The molecule has 1 aliphatic rings. The molecule has 2 aromatic rings. The minimum absolute atomic E-state index is 0.269. The van der Waals surface area contributed by atoms with Gasteiger partial charge in [-0.15, -0.1) is 11.6 Å². The maximum Gasteiger partial charge on any atom is 0.133 e. The third-order valence-electron chi connectivity index (χ3n) is 3.79. The van der Waals surface area contributed by atoms with Gasteiger partial charge in [0, 0.05) is 23.5 Å². The molecular weight excluding hydrogens is 260 g/mol. The van der Waals surface area contributed by atoms with Crippen molar-refractivity contribution >= 4 is 28.2 Å². The second-order valence-corrected chi connectivity index (χ2v) is 5.84. The van der Waals surface area contributed by atoms with Gasteiger partial charge >= 0.3 is 0 Å². The van der Waals surface area contributed by atoms with Crippen LogP contribution < -0.4 is 5.32 Å². The fourth-order valence-corrected chi connectivity index (χ4v) is 3.12. The highest BCUT2D eigenvalue weighted by Crippen LogP contribution is 2.30. The zero-order valence-electron chi connectivity index (χ0n) is 10.6. The number of aromatic nitrogens is 1. The maximum atomic E-state index is 9.60. The van der Waals surface area contributed by atoms with Gasteiger partial charge in [-0.1, -0.05) is 6.07 Å². The number of hydrogen-bond donors (Lipinski definition) is 2. The summed E-state index contributed by atoms with van der Waals surface area (Å²) in [5, 5.41) is 15.4. The SMILES string of the molecule is Oc1ccc2ccnc(NCC3CCC(Cl)C3)c2c1. The second kappa shape index (κ2) is 5.25. The van der Waals surface area contributed by atoms with Crippen molar-refractivity contribution in [1.82, 2.24) is 4.98 Å². The number of aromatic hydroxyl groups is 1. The molecule has 1 fully saturated rings. The first kappa shape index (κ1) is 12.5. The first-order chi connectivity index (χ1) is 9.22. The van der Waals surface area contributed by atoms with Gasteiger partial charge in [0.1, 0.15) is 11.6 Å². The van der Waals surface area contributed by atoms with E-state index in [4.69, 9.17) is 11.6 Å². The lowest BCUT2D eigenvalue weighted by Crippen LogP contribution is -2.12. The Morgan fingerprint density at radius 2 is 2.21 bits per heavy atom. The van der Waals surface area contributed by atoms with Crippen LogP contribution in [0.5, 0.6) is 5.75 Å². The Morgan fingerprint density at radius 1 is 1.32 bits per heavy atom. The predicted molar refractivity (Wildman–Crippen MR) is 78.9 cm³/mol. The third-order valence-corrected chi connectivity index (χ3v) is 4.18. The molecule has 0 saturated heterocycles. The summed E-state index contributed by atoms with van der Waals surface area (Å²) in [4.78, 5) is 4.37. The van der Waals surface area contributed by atoms with Gasteiger partial charge in [-0.2, -0.15) is 0 Å². The van der Waals surface area contributed by atoms with Crippen molar-refractivity contribution < 1.29 is 5.11 Å². The van der Waals surface area contributed by atoms with Crippen molar-refractivity contribution in [2.75, 3.05) is 11.9 Å². The van der Waals surface area contributed by atoms with Gasteiger partial charge in [-0.3, -0.25) is 0 Å². The molecule has 3 nitrogen and oxygen atoms in total. The van der Waals surface area contributed by atoms with E-state index in [0.29, 0.717) is 11.3 Å². The predicted octanol–water partition coefficient (Wildman–Crippen LogP) is 3.76. The number of fused-ring (bicyclic) bond motifs is 1. The van der Waals surface area contributed by atoms with E-state index in [-0.39, 0.29) is 5.75 Å². The number of benzene rings is 1. The van der Waals surface area contributed by atoms with Gasteiger partial charge in [0.2, 0.25) is 0 Å². The van der Waals surface area contributed by atoms with Crippen molar-refractivity contribution in [3.05, 3.63) is 30.5 Å². The van der Waals surface area contributed by atoms with Crippen molar-refractivity contribution in [2.45, 2.75) is 24.6 Å². The Kier molecular flexibility index (Phi) is 3.47. The van der Waals surface area contributed by atoms with Crippen LogP contribution in [-0.2, 0) is 0 Å². The van der Waals surface area contributed by atoms with Crippen molar-refractivity contribution in [3.63, 3.8) is 0 Å². The lowest BCUT2D eigenvalue weighted by atomic mass is 10.1. The summed E-state index contributed by atoms with van der Waals surface area (Å²) < 4.78 is 0. The number of phenolic OH excluding ortho intramolecular Hbond substituents is 1. The number of pyridine rings is 1. The van der Waals surface area contributed by atoms with Gasteiger partial charge in [0.05, 0.1) is 0 Å². The van der Waals surface area contributed by atoms with Crippen LogP contribution in [0.15, 0.2) is 30.5 Å². The van der Waals surface area contributed by atoms with Gasteiger partial charge in [-0.05, 0) is 48.8 Å². The summed E-state index contributed by atoms with van der Waals surface area (Å²) in [5.41, 5.74) is 0. The number of alkyl halides is 1. The standard InChI is InChI=1S/C15H17ClN2O/c16-12-3-1-10(7-12)9-18-15-14-8-13(19)4-2-11(14)5-6-17-15/h2,4-6,8,10,12,19H,1,3,7,9H2,(H,17,18). The summed E-state index contributed by atoms with van der Waals surface area (Å²) >= 11 is 6.13. The number of nitrogens with zero attached hydrogens (tertiary/aromatic N) is 1. The minimum Gasteiger partial charge on any atom is -0.508 e. The van der Waals surface area contributed by atoms with Gasteiger partial charge in [0.15, 0.2) is 0 Å². The fraction of sp³-hybridized carbons (Fsp3) is 0.400. The molecule has 2 unspecified atom stereocenters. The quantitative estimate of drug-likeness (QED) is 0.839. The lowest BCUT2D eigenvalue weighted by molar-refractivity contribution is 0.476. The number of phenols is 1. The van der Waals surface area contributed by atoms with Gasteiger partial charge < -0.3 is 10.4 Å². The highest BCUT2D eigenvalue weighted by Gasteiger charge is 2.22. The Morgan fingerprint density at radius 3 is 3.00 bits per heavy atom. The van der Waals surface area contributed by atoms with Crippen LogP contribution >= 0.6 is 11.6 Å². The van der Waals surface area contributed by atoms with E-state index in [1.165, 1.54) is 6.42 Å². The number of hydrogen-bond acceptors (Lipinski definition) is 3. The molecule has 0 radical (unpaired) electrons. The molecule has 4 heteroatoms. The van der Waals surface area contributed by atoms with E-state index in [9.17, 15) is 5.11 Å². The molecule has 0 aliphatic heterocycles. The molecule has 0 spiro atoms. The van der Waals surface area contributed by atoms with E-state index in [2.05, 4.69) is 10.3 Å². The molecule has 2 atom stereocenters. The van der Waals surface area contributed by atoms with E-state index in [1.54, 1.807) is 18.3 Å². The Hall–Kier alpha value is -1.48. The Bertz CT molecular complexity index is 587. The highest BCUT2D eigenvalue weighted by atomic mass is 35.5. The molecule has 2 N–H and O–H groups in total. The molecule has 0 amide bonds. The number of nitrogens with one attached hydrogen (secondary N) is 1. The minimum atomic E-state index is 0.269. The molecule has 1 saturated carbocycles. The van der Waals surface area contributed by atoms with Crippen LogP contribution in [-0.4, -0.2) is 22.0 Å². The van der Waals surface area contributed by atoms with Gasteiger partial charge in [-0.25, -0.2) is 4.98 Å². The molecule has 1 aliphatic carbocycles. The zero-order valence-corrected chi connectivity index (χ0v) is 11.4. The van der Waals surface area contributed by atoms with Crippen LogP contribution in [0, 0.1) is 5.92 Å². The van der Waals surface area contributed by atoms with Gasteiger partial charge in [0.25, 0.3) is 0 Å². The van der Waals surface area contributed by atoms with Crippen LogP contribution in [0.1, 0.15) is 19.3 Å². The largest absolute Gasteiger partial charge is 0.508 e. The number of anilines is 1. The molecule has 3 rings (SSSR count). The van der Waals surface area contributed by atoms with Crippen molar-refractivity contribution in [3.8, 4) is 5.75 Å². The maximum absolute atomic E-state index is 9.60. The third kappa shape index (κ3) is 2.76. The molecule has 0 bridgehead atoms. The number of halogens is 1. The zero-order chi connectivity index (χ0) is 13.2. The molecular formula is C15H17ClN2O. The van der Waals surface area contributed by atoms with E-state index >= 15 is 0 Å². The summed E-state index contributed by atoms with van der Waals surface area (Å²) in [6.45, 7) is 0.894. The lowest BCUT2D eigenvalue weighted by Gasteiger charge is -2.13. The highest BCUT2D eigenvalue weighted by molar-refractivity contribution is 6.20. The average Bonchev–Trinajstić information content (AvgIpc) is 2.82. The Labute approximate surface area is 117 Å². The summed E-state index contributed by atoms with van der Waals surface area (Å²) in [7, 11) is 0. The first-order valence-corrected chi connectivity index (χ1v) is 7.11. The first-order valence-electron chi connectivity index (χ1n) is 6.68. The molecule has 100 valence electrons. The fourth-order valence-electron chi connectivity index (χ4n) is 2.74. The topological polar surface area (TPSA) is 45.2 Å². The van der Waals surface area contributed by atoms with Crippen LogP contribution in [0.3, 0.4) is 0 Å². The number of rotatable bonds is 3. The van der Waals surface area contributed by atoms with Crippen LogP contribution in [0.4, 0.5) is 5.82 Å². The van der Waals surface area contributed by atoms with E-state index in [0.717, 1.165) is 36.0 Å². The van der Waals surface area contributed by atoms with Crippen molar-refractivity contribution in [1.29, 1.82) is 0 Å². The van der Waals surface area contributed by atoms with E-state index < -0.39 is 0 Å². The van der Waals surface area contributed by atoms with Crippen LogP contribution in [0.2, 0.25) is 0 Å². The summed E-state index contributed by atoms with van der Waals surface area (Å²) in [5.74, 6) is 1.73.